The fraction of sp³-hybridized carbons (Fsp3) is 0.800. The van der Waals surface area contributed by atoms with Crippen LogP contribution in [0.5, 0.6) is 0 Å². The lowest BCUT2D eigenvalue weighted by Gasteiger charge is -2.43. The highest BCUT2D eigenvalue weighted by molar-refractivity contribution is 7.99. The normalized spacial score (nSPS) is 27.9. The number of imidazole rings is 1. The van der Waals surface area contributed by atoms with Gasteiger partial charge < -0.3 is 19.4 Å². The van der Waals surface area contributed by atoms with E-state index >= 15 is 0 Å². The van der Waals surface area contributed by atoms with E-state index in [1.807, 2.05) is 11.8 Å². The van der Waals surface area contributed by atoms with Crippen molar-refractivity contribution < 1.29 is 9.47 Å². The van der Waals surface area contributed by atoms with Gasteiger partial charge in [-0.2, -0.15) is 0 Å². The largest absolute Gasteiger partial charge is 0.381 e. The summed E-state index contributed by atoms with van der Waals surface area (Å²) in [6.07, 6.45) is 6.50. The average molecular weight is 309 g/mol. The zero-order valence-electron chi connectivity index (χ0n) is 12.3. The van der Waals surface area contributed by atoms with Crippen LogP contribution in [0.4, 0.5) is 0 Å². The Labute approximate surface area is 129 Å². The molecular weight excluding hydrogens is 286 g/mol. The first kappa shape index (κ1) is 14.1. The van der Waals surface area contributed by atoms with Gasteiger partial charge in [0.05, 0.1) is 11.3 Å². The molecule has 0 aliphatic carbocycles. The molecule has 3 aliphatic rings. The van der Waals surface area contributed by atoms with Crippen molar-refractivity contribution >= 4 is 11.8 Å². The molecule has 4 rings (SSSR count). The summed E-state index contributed by atoms with van der Waals surface area (Å²) in [4.78, 5) is 4.69. The van der Waals surface area contributed by atoms with Crippen LogP contribution < -0.4 is 5.32 Å². The summed E-state index contributed by atoms with van der Waals surface area (Å²) >= 11 is 1.86. The summed E-state index contributed by atoms with van der Waals surface area (Å²) in [6, 6.07) is 0.543. The zero-order valence-corrected chi connectivity index (χ0v) is 13.2. The van der Waals surface area contributed by atoms with Gasteiger partial charge in [-0.1, -0.05) is 11.8 Å². The van der Waals surface area contributed by atoms with Crippen molar-refractivity contribution in [2.75, 3.05) is 25.6 Å². The standard InChI is InChI=1S/C15H23N3O2S/c1-5-20-15(2-6-19-7-3-15)9-12(1)16-10-13-11-18-4-8-21-14(18)17-13/h11-12,16H,1-10H2/t12-/m0/s1. The lowest BCUT2D eigenvalue weighted by molar-refractivity contribution is -0.140. The topological polar surface area (TPSA) is 48.3 Å². The zero-order chi connectivity index (χ0) is 14.1. The highest BCUT2D eigenvalue weighted by Crippen LogP contribution is 2.34. The van der Waals surface area contributed by atoms with Crippen LogP contribution in [0.2, 0.25) is 0 Å². The summed E-state index contributed by atoms with van der Waals surface area (Å²) in [6.45, 7) is 4.54. The first-order valence-electron chi connectivity index (χ1n) is 7.97. The van der Waals surface area contributed by atoms with Crippen molar-refractivity contribution in [3.8, 4) is 0 Å². The van der Waals surface area contributed by atoms with Crippen LogP contribution in [0.1, 0.15) is 31.4 Å². The van der Waals surface area contributed by atoms with Crippen molar-refractivity contribution in [3.63, 3.8) is 0 Å². The Morgan fingerprint density at radius 3 is 3.14 bits per heavy atom. The third kappa shape index (κ3) is 2.99. The van der Waals surface area contributed by atoms with Crippen molar-refractivity contribution in [1.29, 1.82) is 0 Å². The van der Waals surface area contributed by atoms with Crippen molar-refractivity contribution in [2.45, 2.75) is 55.6 Å². The average Bonchev–Trinajstić information content (AvgIpc) is 3.07. The molecule has 0 saturated carbocycles. The molecule has 0 amide bonds. The van der Waals surface area contributed by atoms with Crippen LogP contribution >= 0.6 is 11.8 Å². The molecule has 1 atom stereocenters. The molecule has 1 aromatic rings. The Bertz CT molecular complexity index is 472. The molecule has 0 unspecified atom stereocenters. The molecule has 1 aromatic heterocycles. The second-order valence-corrected chi connectivity index (χ2v) is 7.33. The Morgan fingerprint density at radius 1 is 1.38 bits per heavy atom. The molecule has 0 radical (unpaired) electrons. The molecule has 21 heavy (non-hydrogen) atoms. The van der Waals surface area contributed by atoms with E-state index in [0.29, 0.717) is 6.04 Å². The number of nitrogens with one attached hydrogen (secondary N) is 1. The quantitative estimate of drug-likeness (QED) is 0.923. The van der Waals surface area contributed by atoms with E-state index in [9.17, 15) is 0 Å². The fourth-order valence-corrected chi connectivity index (χ4v) is 4.55. The lowest BCUT2D eigenvalue weighted by atomic mass is 9.84. The van der Waals surface area contributed by atoms with Crippen molar-refractivity contribution in [1.82, 2.24) is 14.9 Å². The maximum absolute atomic E-state index is 6.10. The third-order valence-corrected chi connectivity index (χ3v) is 5.79. The number of hydrogen-bond acceptors (Lipinski definition) is 5. The van der Waals surface area contributed by atoms with Gasteiger partial charge >= 0.3 is 0 Å². The summed E-state index contributed by atoms with van der Waals surface area (Å²) < 4.78 is 13.8. The Kier molecular flexibility index (Phi) is 3.96. The predicted molar refractivity (Wildman–Crippen MR) is 81.5 cm³/mol. The molecule has 3 aliphatic heterocycles. The monoisotopic (exact) mass is 309 g/mol. The summed E-state index contributed by atoms with van der Waals surface area (Å²) in [7, 11) is 0. The van der Waals surface area contributed by atoms with Gasteiger partial charge in [0.15, 0.2) is 5.16 Å². The summed E-state index contributed by atoms with van der Waals surface area (Å²) in [5.41, 5.74) is 1.24. The molecule has 1 spiro atoms. The van der Waals surface area contributed by atoms with Gasteiger partial charge in [0.2, 0.25) is 0 Å². The predicted octanol–water partition coefficient (Wildman–Crippen LogP) is 1.81. The van der Waals surface area contributed by atoms with Crippen molar-refractivity contribution in [3.05, 3.63) is 11.9 Å². The van der Waals surface area contributed by atoms with Crippen LogP contribution in [0.25, 0.3) is 0 Å². The highest BCUT2D eigenvalue weighted by Gasteiger charge is 2.38. The molecule has 2 saturated heterocycles. The molecule has 1 N–H and O–H groups in total. The van der Waals surface area contributed by atoms with Crippen molar-refractivity contribution in [2.24, 2.45) is 0 Å². The minimum Gasteiger partial charge on any atom is -0.381 e. The Morgan fingerprint density at radius 2 is 2.29 bits per heavy atom. The number of ether oxygens (including phenoxy) is 2. The molecule has 2 fully saturated rings. The third-order valence-electron chi connectivity index (χ3n) is 4.82. The SMILES string of the molecule is c1c(CN[C@H]2CCOC3(CCOCC3)C2)nc2n1CCS2. The lowest BCUT2D eigenvalue weighted by Crippen LogP contribution is -2.49. The number of rotatable bonds is 3. The molecular formula is C15H23N3O2S. The molecule has 5 nitrogen and oxygen atoms in total. The first-order valence-corrected chi connectivity index (χ1v) is 8.96. The van der Waals surface area contributed by atoms with Crippen LogP contribution in [0.3, 0.4) is 0 Å². The molecule has 6 heteroatoms. The van der Waals surface area contributed by atoms with Gasteiger partial charge in [-0.05, 0) is 25.7 Å². The van der Waals surface area contributed by atoms with E-state index in [0.717, 1.165) is 58.6 Å². The van der Waals surface area contributed by atoms with Gasteiger partial charge in [-0.15, -0.1) is 0 Å². The Hall–Kier alpha value is -0.560. The van der Waals surface area contributed by atoms with Crippen LogP contribution in [0, 0.1) is 0 Å². The minimum atomic E-state index is 0.0694. The first-order chi connectivity index (χ1) is 10.3. The number of nitrogens with zero attached hydrogens (tertiary/aromatic N) is 2. The Balaban J connectivity index is 1.33. The number of aryl methyl sites for hydroxylation is 1. The van der Waals surface area contributed by atoms with Gasteiger partial charge in [0.25, 0.3) is 0 Å². The van der Waals surface area contributed by atoms with Crippen LogP contribution in [0.15, 0.2) is 11.4 Å². The molecule has 0 bridgehead atoms. The number of hydrogen-bond donors (Lipinski definition) is 1. The van der Waals surface area contributed by atoms with E-state index in [1.165, 1.54) is 16.6 Å². The van der Waals surface area contributed by atoms with Gasteiger partial charge in [-0.25, -0.2) is 4.98 Å². The maximum atomic E-state index is 6.10. The number of fused-ring (bicyclic) bond motifs is 1. The maximum Gasteiger partial charge on any atom is 0.168 e. The van der Waals surface area contributed by atoms with E-state index in [4.69, 9.17) is 14.5 Å². The summed E-state index contributed by atoms with van der Waals surface area (Å²) in [5.74, 6) is 1.17. The highest BCUT2D eigenvalue weighted by atomic mass is 32.2. The molecule has 0 aromatic carbocycles. The van der Waals surface area contributed by atoms with Crippen LogP contribution in [-0.4, -0.2) is 46.8 Å². The summed E-state index contributed by atoms with van der Waals surface area (Å²) in [5, 5.41) is 4.87. The minimum absolute atomic E-state index is 0.0694. The molecule has 4 heterocycles. The second-order valence-electron chi connectivity index (χ2n) is 6.27. The number of aromatic nitrogens is 2. The van der Waals surface area contributed by atoms with Gasteiger partial charge in [-0.3, -0.25) is 0 Å². The molecule has 116 valence electrons. The second kappa shape index (κ2) is 5.91. The number of thioether (sulfide) groups is 1. The fourth-order valence-electron chi connectivity index (χ4n) is 3.59. The van der Waals surface area contributed by atoms with E-state index in [1.54, 1.807) is 0 Å². The van der Waals surface area contributed by atoms with Crippen LogP contribution in [-0.2, 0) is 22.6 Å². The van der Waals surface area contributed by atoms with E-state index < -0.39 is 0 Å². The smallest absolute Gasteiger partial charge is 0.168 e. The van der Waals surface area contributed by atoms with E-state index in [-0.39, 0.29) is 5.60 Å². The van der Waals surface area contributed by atoms with E-state index in [2.05, 4.69) is 16.1 Å². The van der Waals surface area contributed by atoms with Gasteiger partial charge in [0.1, 0.15) is 0 Å². The van der Waals surface area contributed by atoms with Gasteiger partial charge in [0, 0.05) is 50.9 Å².